The Morgan fingerprint density at radius 3 is 2.53 bits per heavy atom. The van der Waals surface area contributed by atoms with Crippen molar-refractivity contribution >= 4 is 49.1 Å². The highest BCUT2D eigenvalue weighted by atomic mass is 32.2. The number of sulfone groups is 1. The first-order valence-electron chi connectivity index (χ1n) is 11.8. The molecule has 200 valence electrons. The minimum absolute atomic E-state index is 0.0694. The summed E-state index contributed by atoms with van der Waals surface area (Å²) in [5.41, 5.74) is 0.859. The van der Waals surface area contributed by atoms with Crippen molar-refractivity contribution in [3.63, 3.8) is 0 Å². The van der Waals surface area contributed by atoms with Crippen LogP contribution >= 0.6 is 11.3 Å². The first-order chi connectivity index (χ1) is 17.8. The first kappa shape index (κ1) is 26.0. The second kappa shape index (κ2) is 8.99. The van der Waals surface area contributed by atoms with Crippen molar-refractivity contribution in [2.24, 2.45) is 18.9 Å². The summed E-state index contributed by atoms with van der Waals surface area (Å²) in [5, 5.41) is 31.0. The standard InChI is InChI=1S/C24H24N4O8S2/c1-12-17(20(24(31)32)27-19(12)18(13(2)29)21(27)30)16-10-26-11-25(3)23(22(26)37-16)38(35,36)9-8-14-4-6-15(7-5-14)28(33)34/h4-7,10-13,18-19,29H,8-9H2,1-3H3/p+1/t12-,13+,18+,19+/m0/s1. The lowest BCUT2D eigenvalue weighted by Gasteiger charge is -2.46. The van der Waals surface area contributed by atoms with Crippen LogP contribution in [-0.2, 0) is 32.9 Å². The molecular formula is C24H25N4O8S2+. The molecule has 0 aliphatic carbocycles. The first-order valence-corrected chi connectivity index (χ1v) is 14.3. The largest absolute Gasteiger partial charge is 0.477 e. The van der Waals surface area contributed by atoms with Crippen molar-refractivity contribution < 1.29 is 37.5 Å². The predicted octanol–water partition coefficient (Wildman–Crippen LogP) is 1.40. The summed E-state index contributed by atoms with van der Waals surface area (Å²) < 4.78 is 29.9. The van der Waals surface area contributed by atoms with Crippen LogP contribution in [0.3, 0.4) is 0 Å². The number of carboxylic acids is 1. The average Bonchev–Trinajstić information content (AvgIpc) is 3.44. The Labute approximate surface area is 221 Å². The van der Waals surface area contributed by atoms with Gasteiger partial charge in [0.05, 0.1) is 40.7 Å². The van der Waals surface area contributed by atoms with Gasteiger partial charge in [-0.3, -0.25) is 14.9 Å². The Hall–Kier alpha value is -3.62. The molecular weight excluding hydrogens is 536 g/mol. The number of nitro groups is 1. The summed E-state index contributed by atoms with van der Waals surface area (Å²) in [5.74, 6) is -3.00. The number of hydrogen-bond donors (Lipinski definition) is 2. The van der Waals surface area contributed by atoms with Gasteiger partial charge in [0.25, 0.3) is 17.0 Å². The second-order valence-electron chi connectivity index (χ2n) is 9.65. The van der Waals surface area contributed by atoms with Crippen molar-refractivity contribution in [2.45, 2.75) is 37.4 Å². The lowest BCUT2D eigenvalue weighted by atomic mass is 9.77. The summed E-state index contributed by atoms with van der Waals surface area (Å²) >= 11 is 1.13. The van der Waals surface area contributed by atoms with E-state index in [1.54, 1.807) is 24.0 Å². The molecule has 1 amide bonds. The van der Waals surface area contributed by atoms with Crippen LogP contribution in [0.25, 0.3) is 10.4 Å². The Balaban J connectivity index is 1.49. The van der Waals surface area contributed by atoms with E-state index in [0.717, 1.165) is 11.3 Å². The number of benzene rings is 1. The minimum Gasteiger partial charge on any atom is -0.477 e. The molecule has 1 aromatic carbocycles. The zero-order valence-electron chi connectivity index (χ0n) is 20.6. The van der Waals surface area contributed by atoms with Gasteiger partial charge in [-0.1, -0.05) is 30.4 Å². The van der Waals surface area contributed by atoms with Crippen molar-refractivity contribution in [1.29, 1.82) is 0 Å². The Bertz CT molecular complexity index is 1640. The lowest BCUT2D eigenvalue weighted by molar-refractivity contribution is -0.508. The number of fused-ring (bicyclic) bond motifs is 2. The molecule has 0 bridgehead atoms. The van der Waals surface area contributed by atoms with Gasteiger partial charge in [-0.25, -0.2) is 17.8 Å². The topological polar surface area (TPSA) is 164 Å². The molecule has 1 saturated heterocycles. The number of carboxylic acid groups (broad SMARTS) is 1. The molecule has 38 heavy (non-hydrogen) atoms. The molecule has 3 aromatic rings. The summed E-state index contributed by atoms with van der Waals surface area (Å²) in [7, 11) is -2.19. The number of β-lactam (4-membered cyclic amide) rings is 1. The van der Waals surface area contributed by atoms with Gasteiger partial charge in [-0.2, -0.15) is 4.40 Å². The molecule has 5 rings (SSSR count). The molecule has 4 heterocycles. The molecule has 14 heteroatoms. The molecule has 2 aliphatic rings. The van der Waals surface area contributed by atoms with Crippen molar-refractivity contribution in [3.8, 4) is 0 Å². The van der Waals surface area contributed by atoms with Crippen LogP contribution in [0.2, 0.25) is 0 Å². The summed E-state index contributed by atoms with van der Waals surface area (Å²) in [6.07, 6.45) is 2.48. The van der Waals surface area contributed by atoms with Crippen molar-refractivity contribution in [3.05, 3.63) is 63.0 Å². The molecule has 2 aromatic heterocycles. The van der Waals surface area contributed by atoms with Gasteiger partial charge >= 0.3 is 5.97 Å². The van der Waals surface area contributed by atoms with E-state index < -0.39 is 44.7 Å². The highest BCUT2D eigenvalue weighted by Gasteiger charge is 2.60. The van der Waals surface area contributed by atoms with Gasteiger partial charge < -0.3 is 15.1 Å². The number of hydrogen-bond acceptors (Lipinski definition) is 8. The number of nitrogens with zero attached hydrogens (tertiary/aromatic N) is 4. The normalized spacial score (nSPS) is 22.1. The number of carbonyl (C=O) groups is 2. The van der Waals surface area contributed by atoms with E-state index in [1.807, 2.05) is 6.92 Å². The number of non-ortho nitro benzene ring substituents is 1. The third kappa shape index (κ3) is 3.90. The molecule has 12 nitrogen and oxygen atoms in total. The predicted molar refractivity (Wildman–Crippen MR) is 135 cm³/mol. The van der Waals surface area contributed by atoms with Gasteiger partial charge in [-0.15, -0.1) is 0 Å². The van der Waals surface area contributed by atoms with Crippen LogP contribution in [0.15, 0.2) is 47.5 Å². The van der Waals surface area contributed by atoms with E-state index in [2.05, 4.69) is 0 Å². The van der Waals surface area contributed by atoms with E-state index in [9.17, 15) is 38.3 Å². The zero-order chi connectivity index (χ0) is 27.7. The maximum absolute atomic E-state index is 13.4. The molecule has 0 unspecified atom stereocenters. The maximum atomic E-state index is 13.4. The number of imidazole rings is 1. The lowest BCUT2D eigenvalue weighted by Crippen LogP contribution is -2.63. The fourth-order valence-electron chi connectivity index (χ4n) is 5.50. The Kier molecular flexibility index (Phi) is 6.16. The average molecular weight is 562 g/mol. The fraction of sp³-hybridized carbons (Fsp3) is 0.375. The van der Waals surface area contributed by atoms with E-state index >= 15 is 0 Å². The van der Waals surface area contributed by atoms with Gasteiger partial charge in [0, 0.05) is 23.6 Å². The smallest absolute Gasteiger partial charge is 0.352 e. The number of nitro benzene ring substituents is 1. The van der Waals surface area contributed by atoms with Gasteiger partial charge in [-0.05, 0) is 18.9 Å². The van der Waals surface area contributed by atoms with E-state index in [-0.39, 0.29) is 34.5 Å². The molecule has 1 fully saturated rings. The zero-order valence-corrected chi connectivity index (χ0v) is 22.3. The van der Waals surface area contributed by atoms with Crippen LogP contribution < -0.4 is 4.40 Å². The number of amides is 1. The van der Waals surface area contributed by atoms with Gasteiger partial charge in [0.2, 0.25) is 20.6 Å². The Morgan fingerprint density at radius 1 is 1.29 bits per heavy atom. The van der Waals surface area contributed by atoms with Gasteiger partial charge in [0.1, 0.15) is 11.9 Å². The van der Waals surface area contributed by atoms with E-state index in [1.165, 1.54) is 40.7 Å². The van der Waals surface area contributed by atoms with E-state index in [0.29, 0.717) is 20.8 Å². The second-order valence-corrected chi connectivity index (χ2v) is 12.7. The summed E-state index contributed by atoms with van der Waals surface area (Å²) in [6.45, 7) is 3.32. The van der Waals surface area contributed by atoms with Crippen LogP contribution in [0.1, 0.15) is 24.3 Å². The molecule has 2 N–H and O–H groups in total. The van der Waals surface area contributed by atoms with Gasteiger partial charge in [0.15, 0.2) is 0 Å². The number of aryl methyl sites for hydroxylation is 2. The molecule has 0 saturated carbocycles. The third-order valence-corrected chi connectivity index (χ3v) is 10.3. The van der Waals surface area contributed by atoms with Crippen LogP contribution in [0, 0.1) is 22.0 Å². The molecule has 2 aliphatic heterocycles. The number of carbonyl (C=O) groups excluding carboxylic acids is 1. The van der Waals surface area contributed by atoms with Crippen LogP contribution in [0.5, 0.6) is 0 Å². The highest BCUT2D eigenvalue weighted by molar-refractivity contribution is 7.91. The Morgan fingerprint density at radius 2 is 1.95 bits per heavy atom. The number of thiazole rings is 1. The van der Waals surface area contributed by atoms with Crippen molar-refractivity contribution in [1.82, 2.24) is 9.47 Å². The SMILES string of the molecule is C[C@@H](O)[C@H]1C(=O)N2C(C(=O)O)=C(c3c[n+]4cn(C)c(S(=O)(=O)CCc5ccc([N+](=O)[O-])cc5)c4s3)[C@H](C)[C@H]12. The molecule has 0 radical (unpaired) electrons. The monoisotopic (exact) mass is 561 g/mol. The minimum atomic E-state index is -3.80. The highest BCUT2D eigenvalue weighted by Crippen LogP contribution is 2.51. The third-order valence-electron chi connectivity index (χ3n) is 7.24. The summed E-state index contributed by atoms with van der Waals surface area (Å²) in [4.78, 5) is 37.4. The number of rotatable bonds is 8. The molecule has 4 atom stereocenters. The van der Waals surface area contributed by atoms with Crippen LogP contribution in [-0.4, -0.2) is 62.8 Å². The quantitative estimate of drug-likeness (QED) is 0.180. The maximum Gasteiger partial charge on any atom is 0.352 e. The number of aliphatic hydroxyl groups is 1. The van der Waals surface area contributed by atoms with E-state index in [4.69, 9.17) is 0 Å². The number of aromatic nitrogens is 2. The summed E-state index contributed by atoms with van der Waals surface area (Å²) in [6, 6.07) is 5.23. The van der Waals surface area contributed by atoms with Crippen LogP contribution in [0.4, 0.5) is 5.69 Å². The number of aliphatic hydroxyl groups excluding tert-OH is 1. The number of aliphatic carboxylic acids is 1. The molecule has 0 spiro atoms. The fourth-order valence-corrected chi connectivity index (χ4v) is 8.77. The van der Waals surface area contributed by atoms with Crippen molar-refractivity contribution in [2.75, 3.05) is 5.75 Å².